The van der Waals surface area contributed by atoms with Crippen molar-refractivity contribution in [3.05, 3.63) is 54.0 Å². The fourth-order valence-electron chi connectivity index (χ4n) is 3.35. The van der Waals surface area contributed by atoms with Crippen LogP contribution in [0.1, 0.15) is 29.9 Å². The number of aryl methyl sites for hydroxylation is 1. The molecule has 0 atom stereocenters. The molecule has 1 aromatic carbocycles. The maximum atomic E-state index is 12.7. The maximum Gasteiger partial charge on any atom is 0.267 e. The summed E-state index contributed by atoms with van der Waals surface area (Å²) >= 11 is 0. The molecule has 0 aliphatic rings. The van der Waals surface area contributed by atoms with Gasteiger partial charge in [-0.2, -0.15) is 4.31 Å². The fraction of sp³-hybridized carbons (Fsp3) is 0.350. The smallest absolute Gasteiger partial charge is 0.267 e. The van der Waals surface area contributed by atoms with Crippen LogP contribution >= 0.6 is 0 Å². The second-order valence-electron chi connectivity index (χ2n) is 6.63. The molecule has 28 heavy (non-hydrogen) atoms. The Balaban J connectivity index is 1.69. The molecule has 8 heteroatoms. The zero-order chi connectivity index (χ0) is 20.3. The van der Waals surface area contributed by atoms with E-state index < -0.39 is 10.0 Å². The predicted molar refractivity (Wildman–Crippen MR) is 110 cm³/mol. The van der Waals surface area contributed by atoms with Crippen molar-refractivity contribution in [2.75, 3.05) is 19.6 Å². The maximum absolute atomic E-state index is 12.7. The average Bonchev–Trinajstić information content (AvgIpc) is 3.27. The summed E-state index contributed by atoms with van der Waals surface area (Å²) in [6, 6.07) is 9.46. The van der Waals surface area contributed by atoms with Crippen molar-refractivity contribution < 1.29 is 13.2 Å². The van der Waals surface area contributed by atoms with Crippen molar-refractivity contribution in [2.24, 2.45) is 7.05 Å². The highest BCUT2D eigenvalue weighted by molar-refractivity contribution is 7.89. The van der Waals surface area contributed by atoms with Gasteiger partial charge in [0.05, 0.1) is 0 Å². The first-order valence-electron chi connectivity index (χ1n) is 9.38. The number of H-pyrrole nitrogens is 1. The molecule has 0 spiro atoms. The van der Waals surface area contributed by atoms with Crippen LogP contribution in [0.3, 0.4) is 0 Å². The van der Waals surface area contributed by atoms with Crippen LogP contribution in [0.25, 0.3) is 10.9 Å². The van der Waals surface area contributed by atoms with Crippen molar-refractivity contribution in [1.29, 1.82) is 0 Å². The van der Waals surface area contributed by atoms with Gasteiger partial charge in [-0.1, -0.05) is 32.0 Å². The highest BCUT2D eigenvalue weighted by atomic mass is 32.2. The number of aromatic amines is 1. The van der Waals surface area contributed by atoms with E-state index in [1.165, 1.54) is 16.6 Å². The van der Waals surface area contributed by atoms with Crippen molar-refractivity contribution in [1.82, 2.24) is 19.2 Å². The van der Waals surface area contributed by atoms with E-state index in [-0.39, 0.29) is 10.8 Å². The molecule has 1 amide bonds. The van der Waals surface area contributed by atoms with Crippen LogP contribution in [-0.2, 0) is 23.5 Å². The topological polar surface area (TPSA) is 87.2 Å². The predicted octanol–water partition coefficient (Wildman–Crippen LogP) is 2.51. The minimum absolute atomic E-state index is 0.139. The first kappa shape index (κ1) is 20.2. The highest BCUT2D eigenvalue weighted by Gasteiger charge is 2.25. The molecular formula is C20H26N4O3S. The van der Waals surface area contributed by atoms with E-state index in [0.29, 0.717) is 31.7 Å². The van der Waals surface area contributed by atoms with Crippen LogP contribution in [-0.4, -0.2) is 47.8 Å². The van der Waals surface area contributed by atoms with Gasteiger partial charge in [-0.25, -0.2) is 8.42 Å². The molecule has 0 radical (unpaired) electrons. The Morgan fingerprint density at radius 3 is 2.64 bits per heavy atom. The zero-order valence-electron chi connectivity index (χ0n) is 16.4. The second kappa shape index (κ2) is 8.20. The Bertz CT molecular complexity index is 1080. The summed E-state index contributed by atoms with van der Waals surface area (Å²) in [5.41, 5.74) is 2.52. The number of benzene rings is 1. The largest absolute Gasteiger partial charge is 0.361 e. The molecule has 0 aliphatic carbocycles. The van der Waals surface area contributed by atoms with Gasteiger partial charge in [0.25, 0.3) is 5.91 Å². The normalized spacial score (nSPS) is 12.0. The number of nitrogens with one attached hydrogen (secondary N) is 2. The summed E-state index contributed by atoms with van der Waals surface area (Å²) in [5, 5.41) is 4.02. The van der Waals surface area contributed by atoms with Crippen molar-refractivity contribution in [3.8, 4) is 0 Å². The van der Waals surface area contributed by atoms with E-state index in [1.807, 2.05) is 30.5 Å². The zero-order valence-corrected chi connectivity index (χ0v) is 17.2. The second-order valence-corrected chi connectivity index (χ2v) is 8.56. The molecule has 0 fully saturated rings. The van der Waals surface area contributed by atoms with Gasteiger partial charge in [0.1, 0.15) is 10.6 Å². The third-order valence-corrected chi connectivity index (χ3v) is 6.93. The quantitative estimate of drug-likeness (QED) is 0.607. The van der Waals surface area contributed by atoms with E-state index in [2.05, 4.69) is 10.3 Å². The van der Waals surface area contributed by atoms with Crippen molar-refractivity contribution in [2.45, 2.75) is 25.2 Å². The number of carbonyl (C=O) groups excluding carboxylic acids is 1. The molecule has 2 N–H and O–H groups in total. The molecule has 150 valence electrons. The number of nitrogens with zero attached hydrogens (tertiary/aromatic N) is 2. The Morgan fingerprint density at radius 1 is 1.21 bits per heavy atom. The summed E-state index contributed by atoms with van der Waals surface area (Å²) in [5.74, 6) is -0.289. The number of amides is 1. The Labute approximate surface area is 165 Å². The first-order chi connectivity index (χ1) is 13.4. The van der Waals surface area contributed by atoms with Gasteiger partial charge in [-0.05, 0) is 24.1 Å². The number of hydrogen-bond acceptors (Lipinski definition) is 3. The van der Waals surface area contributed by atoms with Gasteiger partial charge >= 0.3 is 0 Å². The molecule has 0 unspecified atom stereocenters. The summed E-state index contributed by atoms with van der Waals surface area (Å²) in [6.07, 6.45) is 4.13. The Kier molecular flexibility index (Phi) is 5.90. The minimum atomic E-state index is -3.59. The van der Waals surface area contributed by atoms with Gasteiger partial charge in [0.2, 0.25) is 10.0 Å². The number of rotatable bonds is 8. The summed E-state index contributed by atoms with van der Waals surface area (Å²) in [7, 11) is -1.91. The molecule has 2 aromatic heterocycles. The fourth-order valence-corrected chi connectivity index (χ4v) is 4.88. The monoisotopic (exact) mass is 402 g/mol. The molecule has 2 heterocycles. The van der Waals surface area contributed by atoms with Crippen LogP contribution in [0.2, 0.25) is 0 Å². The van der Waals surface area contributed by atoms with Crippen molar-refractivity contribution >= 4 is 26.8 Å². The third-order valence-electron chi connectivity index (χ3n) is 4.91. The first-order valence-corrected chi connectivity index (χ1v) is 10.8. The van der Waals surface area contributed by atoms with Crippen LogP contribution in [0.15, 0.2) is 47.6 Å². The number of sulfonamides is 1. The molecule has 7 nitrogen and oxygen atoms in total. The standard InChI is InChI=1S/C20H26N4O3S/c1-4-24(5-2)28(26,27)16-12-19(23(3)14-16)20(25)21-11-10-15-13-22-18-9-7-6-8-17(15)18/h6-9,12-14,22H,4-5,10-11H2,1-3H3,(H,21,25). The van der Waals surface area contributed by atoms with Gasteiger partial charge in [-0.15, -0.1) is 0 Å². The van der Waals surface area contributed by atoms with Crippen LogP contribution in [0.4, 0.5) is 0 Å². The number of hydrogen-bond donors (Lipinski definition) is 2. The highest BCUT2D eigenvalue weighted by Crippen LogP contribution is 2.19. The van der Waals surface area contributed by atoms with Gasteiger partial charge in [-0.3, -0.25) is 4.79 Å². The van der Waals surface area contributed by atoms with Crippen LogP contribution in [0, 0.1) is 0 Å². The molecule has 3 aromatic rings. The van der Waals surface area contributed by atoms with Gasteiger partial charge in [0.15, 0.2) is 0 Å². The van der Waals surface area contributed by atoms with Crippen LogP contribution in [0.5, 0.6) is 0 Å². The summed E-state index contributed by atoms with van der Waals surface area (Å²) in [4.78, 5) is 15.9. The van der Waals surface area contributed by atoms with E-state index in [1.54, 1.807) is 25.5 Å². The molecule has 3 rings (SSSR count). The van der Waals surface area contributed by atoms with Gasteiger partial charge < -0.3 is 14.9 Å². The van der Waals surface area contributed by atoms with Crippen LogP contribution < -0.4 is 5.32 Å². The van der Waals surface area contributed by atoms with E-state index in [0.717, 1.165) is 16.5 Å². The SMILES string of the molecule is CCN(CC)S(=O)(=O)c1cc(C(=O)NCCc2c[nH]c3ccccc23)n(C)c1. The number of fused-ring (bicyclic) bond motifs is 1. The lowest BCUT2D eigenvalue weighted by atomic mass is 10.1. The third kappa shape index (κ3) is 3.83. The van der Waals surface area contributed by atoms with E-state index in [4.69, 9.17) is 0 Å². The van der Waals surface area contributed by atoms with Crippen molar-refractivity contribution in [3.63, 3.8) is 0 Å². The lowest BCUT2D eigenvalue weighted by Crippen LogP contribution is -2.30. The number of aromatic nitrogens is 2. The molecule has 0 aliphatic heterocycles. The molecule has 0 bridgehead atoms. The minimum Gasteiger partial charge on any atom is -0.361 e. The molecule has 0 saturated heterocycles. The number of carbonyl (C=O) groups is 1. The average molecular weight is 403 g/mol. The molecular weight excluding hydrogens is 376 g/mol. The number of para-hydroxylation sites is 1. The van der Waals surface area contributed by atoms with E-state index in [9.17, 15) is 13.2 Å². The molecule has 0 saturated carbocycles. The van der Waals surface area contributed by atoms with Gasteiger partial charge in [0, 0.05) is 50.0 Å². The Morgan fingerprint density at radius 2 is 1.93 bits per heavy atom. The van der Waals surface area contributed by atoms with E-state index >= 15 is 0 Å². The summed E-state index contributed by atoms with van der Waals surface area (Å²) < 4.78 is 28.2. The lowest BCUT2D eigenvalue weighted by molar-refractivity contribution is 0.0946. The lowest BCUT2D eigenvalue weighted by Gasteiger charge is -2.17. The summed E-state index contributed by atoms with van der Waals surface area (Å²) in [6.45, 7) is 4.83. The Hall–Kier alpha value is -2.58.